The van der Waals surface area contributed by atoms with Crippen LogP contribution in [-0.2, 0) is 28.8 Å². The van der Waals surface area contributed by atoms with Crippen molar-refractivity contribution in [1.82, 2.24) is 16.0 Å². The fourth-order valence-corrected chi connectivity index (χ4v) is 3.09. The van der Waals surface area contributed by atoms with E-state index in [9.17, 15) is 33.9 Å². The summed E-state index contributed by atoms with van der Waals surface area (Å²) in [5.74, 6) is -6.21. The molecule has 0 aliphatic carbocycles. The van der Waals surface area contributed by atoms with Crippen LogP contribution in [0.5, 0.6) is 0 Å². The number of primary amides is 1. The topological polar surface area (TPSA) is 257 Å². The highest BCUT2D eigenvalue weighted by molar-refractivity contribution is 5.95. The van der Waals surface area contributed by atoms with Gasteiger partial charge in [-0.15, -0.1) is 0 Å². The summed E-state index contributed by atoms with van der Waals surface area (Å²) in [5.41, 5.74) is 16.1. The highest BCUT2D eigenvalue weighted by atomic mass is 16.4. The van der Waals surface area contributed by atoms with Gasteiger partial charge in [-0.1, -0.05) is 20.3 Å². The van der Waals surface area contributed by atoms with E-state index in [4.69, 9.17) is 22.3 Å². The normalized spacial score (nSPS) is 15.1. The second-order valence-corrected chi connectivity index (χ2v) is 8.33. The molecule has 0 bridgehead atoms. The van der Waals surface area contributed by atoms with Crippen molar-refractivity contribution in [3.05, 3.63) is 0 Å². The Morgan fingerprint density at radius 2 is 1.46 bits per heavy atom. The zero-order valence-electron chi connectivity index (χ0n) is 20.1. The number of unbranched alkanes of at least 4 members (excludes halogenated alkanes) is 1. The molecule has 11 N–H and O–H groups in total. The Balaban J connectivity index is 5.59. The standard InChI is InChI=1S/C21H38N6O8/c1-3-11(2)17(27-18(31)12(23)10-15(24)28)20(33)25-13(7-8-16(29)30)19(32)26-14(21(34)35)6-4-5-9-22/h11-14,17H,3-10,22-23H2,1-2H3,(H2,24,28)(H,25,33)(H,26,32)(H,27,31)(H,29,30)(H,34,35). The number of nitrogens with one attached hydrogen (secondary N) is 3. The van der Waals surface area contributed by atoms with Gasteiger partial charge < -0.3 is 43.4 Å². The molecule has 0 rings (SSSR count). The summed E-state index contributed by atoms with van der Waals surface area (Å²) in [6.45, 7) is 3.77. The van der Waals surface area contributed by atoms with Crippen molar-refractivity contribution in [2.24, 2.45) is 23.1 Å². The molecule has 0 aliphatic heterocycles. The third-order valence-corrected chi connectivity index (χ3v) is 5.39. The van der Waals surface area contributed by atoms with E-state index in [0.29, 0.717) is 25.8 Å². The van der Waals surface area contributed by atoms with Crippen molar-refractivity contribution in [2.45, 2.75) is 83.0 Å². The van der Waals surface area contributed by atoms with Gasteiger partial charge in [-0.05, 0) is 38.1 Å². The maximum Gasteiger partial charge on any atom is 0.326 e. The number of carboxylic acid groups (broad SMARTS) is 2. The van der Waals surface area contributed by atoms with Crippen molar-refractivity contribution >= 4 is 35.6 Å². The van der Waals surface area contributed by atoms with Gasteiger partial charge in [0.1, 0.15) is 18.1 Å². The summed E-state index contributed by atoms with van der Waals surface area (Å²) < 4.78 is 0. The van der Waals surface area contributed by atoms with Gasteiger partial charge in [0.2, 0.25) is 23.6 Å². The largest absolute Gasteiger partial charge is 0.481 e. The lowest BCUT2D eigenvalue weighted by molar-refractivity contribution is -0.143. The number of hydrogen-bond acceptors (Lipinski definition) is 8. The Morgan fingerprint density at radius 3 is 1.94 bits per heavy atom. The van der Waals surface area contributed by atoms with Gasteiger partial charge in [0.25, 0.3) is 0 Å². The maximum absolute atomic E-state index is 13.0. The first kappa shape index (κ1) is 31.7. The van der Waals surface area contributed by atoms with Gasteiger partial charge in [0.05, 0.1) is 12.5 Å². The molecular weight excluding hydrogens is 464 g/mol. The Labute approximate surface area is 203 Å². The van der Waals surface area contributed by atoms with Crippen LogP contribution in [0.4, 0.5) is 0 Å². The van der Waals surface area contributed by atoms with Gasteiger partial charge in [0.15, 0.2) is 0 Å². The van der Waals surface area contributed by atoms with E-state index < -0.39 is 78.5 Å². The van der Waals surface area contributed by atoms with E-state index in [1.54, 1.807) is 13.8 Å². The summed E-state index contributed by atoms with van der Waals surface area (Å²) in [4.78, 5) is 71.7. The van der Waals surface area contributed by atoms with Crippen LogP contribution in [0.1, 0.15) is 58.8 Å². The highest BCUT2D eigenvalue weighted by Gasteiger charge is 2.32. The quantitative estimate of drug-likeness (QED) is 0.0935. The molecule has 14 nitrogen and oxygen atoms in total. The summed E-state index contributed by atoms with van der Waals surface area (Å²) in [5, 5.41) is 25.6. The first-order chi connectivity index (χ1) is 16.3. The van der Waals surface area contributed by atoms with E-state index in [0.717, 1.165) is 0 Å². The first-order valence-corrected chi connectivity index (χ1v) is 11.4. The molecule has 14 heteroatoms. The number of carboxylic acids is 2. The summed E-state index contributed by atoms with van der Waals surface area (Å²) in [6, 6.07) is -5.08. The molecule has 0 aromatic rings. The van der Waals surface area contributed by atoms with Crippen LogP contribution in [0, 0.1) is 5.92 Å². The minimum Gasteiger partial charge on any atom is -0.481 e. The molecule has 0 aliphatic rings. The minimum absolute atomic E-state index is 0.0984. The molecule has 0 heterocycles. The van der Waals surface area contributed by atoms with Crippen LogP contribution in [0.2, 0.25) is 0 Å². The van der Waals surface area contributed by atoms with Crippen LogP contribution in [0.25, 0.3) is 0 Å². The number of carbonyl (C=O) groups excluding carboxylic acids is 4. The zero-order chi connectivity index (χ0) is 27.1. The van der Waals surface area contributed by atoms with Crippen LogP contribution < -0.4 is 33.2 Å². The van der Waals surface area contributed by atoms with Crippen LogP contribution in [0.15, 0.2) is 0 Å². The summed E-state index contributed by atoms with van der Waals surface area (Å²) in [7, 11) is 0. The smallest absolute Gasteiger partial charge is 0.326 e. The van der Waals surface area contributed by atoms with Gasteiger partial charge in [-0.25, -0.2) is 4.79 Å². The molecule has 200 valence electrons. The van der Waals surface area contributed by atoms with E-state index in [1.165, 1.54) is 0 Å². The summed E-state index contributed by atoms with van der Waals surface area (Å²) in [6.07, 6.45) is 0.294. The number of nitrogens with two attached hydrogens (primary N) is 3. The Kier molecular flexibility index (Phi) is 14.9. The molecule has 0 fully saturated rings. The zero-order valence-corrected chi connectivity index (χ0v) is 20.1. The Hall–Kier alpha value is -3.26. The predicted octanol–water partition coefficient (Wildman–Crippen LogP) is -2.23. The van der Waals surface area contributed by atoms with Crippen molar-refractivity contribution < 1.29 is 39.0 Å². The van der Waals surface area contributed by atoms with Gasteiger partial charge in [0, 0.05) is 6.42 Å². The van der Waals surface area contributed by atoms with Crippen molar-refractivity contribution in [3.8, 4) is 0 Å². The molecule has 0 saturated heterocycles. The van der Waals surface area contributed by atoms with E-state index in [2.05, 4.69) is 16.0 Å². The minimum atomic E-state index is -1.38. The molecule has 0 aromatic heterocycles. The second kappa shape index (κ2) is 16.4. The molecule has 0 saturated carbocycles. The van der Waals surface area contributed by atoms with Gasteiger partial charge in [-0.3, -0.25) is 24.0 Å². The van der Waals surface area contributed by atoms with E-state index >= 15 is 0 Å². The molecular formula is C21H38N6O8. The first-order valence-electron chi connectivity index (χ1n) is 11.4. The number of aliphatic carboxylic acids is 2. The molecule has 35 heavy (non-hydrogen) atoms. The monoisotopic (exact) mass is 502 g/mol. The molecule has 0 aromatic carbocycles. The summed E-state index contributed by atoms with van der Waals surface area (Å²) >= 11 is 0. The van der Waals surface area contributed by atoms with Gasteiger partial charge in [-0.2, -0.15) is 0 Å². The average molecular weight is 503 g/mol. The van der Waals surface area contributed by atoms with Crippen molar-refractivity contribution in [3.63, 3.8) is 0 Å². The van der Waals surface area contributed by atoms with Crippen LogP contribution in [-0.4, -0.2) is 76.5 Å². The van der Waals surface area contributed by atoms with E-state index in [-0.39, 0.29) is 12.8 Å². The lowest BCUT2D eigenvalue weighted by Gasteiger charge is -2.27. The van der Waals surface area contributed by atoms with Crippen LogP contribution in [0.3, 0.4) is 0 Å². The van der Waals surface area contributed by atoms with Crippen molar-refractivity contribution in [2.75, 3.05) is 6.54 Å². The maximum atomic E-state index is 13.0. The molecule has 0 radical (unpaired) electrons. The van der Waals surface area contributed by atoms with Crippen LogP contribution >= 0.6 is 0 Å². The number of rotatable bonds is 18. The van der Waals surface area contributed by atoms with Crippen molar-refractivity contribution in [1.29, 1.82) is 0 Å². The number of hydrogen-bond donors (Lipinski definition) is 8. The van der Waals surface area contributed by atoms with E-state index in [1.807, 2.05) is 0 Å². The Bertz CT molecular complexity index is 762. The third kappa shape index (κ3) is 12.7. The fraction of sp³-hybridized carbons (Fsp3) is 0.714. The third-order valence-electron chi connectivity index (χ3n) is 5.39. The predicted molar refractivity (Wildman–Crippen MR) is 124 cm³/mol. The lowest BCUT2D eigenvalue weighted by atomic mass is 9.97. The van der Waals surface area contributed by atoms with Gasteiger partial charge >= 0.3 is 11.9 Å². The fourth-order valence-electron chi connectivity index (χ4n) is 3.09. The lowest BCUT2D eigenvalue weighted by Crippen LogP contribution is -2.58. The molecule has 5 unspecified atom stereocenters. The average Bonchev–Trinajstić information content (AvgIpc) is 2.77. The number of carbonyl (C=O) groups is 6. The SMILES string of the molecule is CCC(C)C(NC(=O)C(N)CC(N)=O)C(=O)NC(CCC(=O)O)C(=O)NC(CCCCN)C(=O)O. The second-order valence-electron chi connectivity index (χ2n) is 8.33. The molecule has 0 spiro atoms. The molecule has 5 atom stereocenters. The number of amides is 4. The highest BCUT2D eigenvalue weighted by Crippen LogP contribution is 2.11. The molecule has 4 amide bonds. The Morgan fingerprint density at radius 1 is 0.857 bits per heavy atom.